The monoisotopic (exact) mass is 679 g/mol. The SMILES string of the molecule is CC(C)CNC(=O)[C@@H](Cc1ccccc1)N(Cc1ccc(F)cc1)C(=O)CN(c1ccc(Br)cc1)S(=O)(=O)c1ccccc1. The standard InChI is InChI=1S/C34H35BrFN3O4S/c1-25(2)22-37-34(41)32(21-26-9-5-3-6-10-26)38(23-27-13-17-29(36)18-14-27)33(40)24-39(30-19-15-28(35)16-20-30)44(42,43)31-11-7-4-8-12-31/h3-20,25,32H,21-24H2,1-2H3,(H,37,41)/t32-/m1/s1. The smallest absolute Gasteiger partial charge is 0.264 e. The Labute approximate surface area is 266 Å². The van der Waals surface area contributed by atoms with Crippen molar-refractivity contribution in [2.75, 3.05) is 17.4 Å². The number of carbonyl (C=O) groups excluding carboxylic acids is 2. The molecule has 10 heteroatoms. The van der Waals surface area contributed by atoms with E-state index in [1.54, 1.807) is 54.6 Å². The Balaban J connectivity index is 1.78. The zero-order chi connectivity index (χ0) is 31.7. The predicted octanol–water partition coefficient (Wildman–Crippen LogP) is 6.20. The van der Waals surface area contributed by atoms with Crippen molar-refractivity contribution in [3.8, 4) is 0 Å². The molecule has 2 amide bonds. The van der Waals surface area contributed by atoms with E-state index in [0.29, 0.717) is 12.1 Å². The van der Waals surface area contributed by atoms with Crippen LogP contribution in [0.1, 0.15) is 25.0 Å². The van der Waals surface area contributed by atoms with Gasteiger partial charge in [0.15, 0.2) is 0 Å². The predicted molar refractivity (Wildman–Crippen MR) is 174 cm³/mol. The molecule has 0 radical (unpaired) electrons. The molecule has 0 saturated carbocycles. The molecular formula is C34H35BrFN3O4S. The van der Waals surface area contributed by atoms with E-state index in [2.05, 4.69) is 21.2 Å². The summed E-state index contributed by atoms with van der Waals surface area (Å²) in [5, 5.41) is 2.95. The molecular weight excluding hydrogens is 645 g/mol. The number of anilines is 1. The quantitative estimate of drug-likeness (QED) is 0.182. The second-order valence-corrected chi connectivity index (χ2v) is 13.6. The third-order valence-corrected chi connectivity index (χ3v) is 9.26. The number of hydrogen-bond donors (Lipinski definition) is 1. The summed E-state index contributed by atoms with van der Waals surface area (Å²) in [6.07, 6.45) is 0.196. The second kappa shape index (κ2) is 15.1. The molecule has 0 saturated heterocycles. The van der Waals surface area contributed by atoms with Crippen molar-refractivity contribution in [3.63, 3.8) is 0 Å². The maximum atomic E-state index is 14.4. The zero-order valence-electron chi connectivity index (χ0n) is 24.6. The molecule has 230 valence electrons. The van der Waals surface area contributed by atoms with Crippen molar-refractivity contribution in [2.24, 2.45) is 5.92 Å². The lowest BCUT2D eigenvalue weighted by Gasteiger charge is -2.34. The topological polar surface area (TPSA) is 86.8 Å². The van der Waals surface area contributed by atoms with Crippen molar-refractivity contribution in [2.45, 2.75) is 37.8 Å². The number of amides is 2. The highest BCUT2D eigenvalue weighted by atomic mass is 79.9. The van der Waals surface area contributed by atoms with Crippen LogP contribution in [0.4, 0.5) is 10.1 Å². The van der Waals surface area contributed by atoms with Crippen LogP contribution in [0.25, 0.3) is 0 Å². The summed E-state index contributed by atoms with van der Waals surface area (Å²) in [6, 6.07) is 28.5. The Morgan fingerprint density at radius 1 is 0.818 bits per heavy atom. The third-order valence-electron chi connectivity index (χ3n) is 6.95. The fourth-order valence-corrected chi connectivity index (χ4v) is 6.32. The van der Waals surface area contributed by atoms with E-state index in [-0.39, 0.29) is 35.4 Å². The van der Waals surface area contributed by atoms with E-state index in [1.165, 1.54) is 29.2 Å². The molecule has 0 bridgehead atoms. The molecule has 0 aliphatic heterocycles. The number of nitrogens with zero attached hydrogens (tertiary/aromatic N) is 2. The van der Waals surface area contributed by atoms with Gasteiger partial charge in [0.25, 0.3) is 10.0 Å². The first-order valence-corrected chi connectivity index (χ1v) is 16.5. The van der Waals surface area contributed by atoms with E-state index in [0.717, 1.165) is 14.3 Å². The molecule has 0 fully saturated rings. The summed E-state index contributed by atoms with van der Waals surface area (Å²) in [7, 11) is -4.18. The number of hydrogen-bond acceptors (Lipinski definition) is 4. The van der Waals surface area contributed by atoms with Crippen molar-refractivity contribution in [3.05, 3.63) is 131 Å². The van der Waals surface area contributed by atoms with Gasteiger partial charge in [-0.3, -0.25) is 13.9 Å². The van der Waals surface area contributed by atoms with E-state index < -0.39 is 34.3 Å². The average molecular weight is 681 g/mol. The largest absolute Gasteiger partial charge is 0.354 e. The highest BCUT2D eigenvalue weighted by Crippen LogP contribution is 2.26. The van der Waals surface area contributed by atoms with Crippen LogP contribution < -0.4 is 9.62 Å². The normalized spacial score (nSPS) is 12.0. The average Bonchev–Trinajstić information content (AvgIpc) is 3.02. The maximum Gasteiger partial charge on any atom is 0.264 e. The lowest BCUT2D eigenvalue weighted by atomic mass is 10.0. The molecule has 44 heavy (non-hydrogen) atoms. The van der Waals surface area contributed by atoms with Gasteiger partial charge in [-0.1, -0.05) is 90.4 Å². The first-order chi connectivity index (χ1) is 21.0. The Kier molecular flexibility index (Phi) is 11.3. The van der Waals surface area contributed by atoms with Crippen LogP contribution in [0, 0.1) is 11.7 Å². The molecule has 0 heterocycles. The van der Waals surface area contributed by atoms with Crippen LogP contribution in [0.15, 0.2) is 119 Å². The van der Waals surface area contributed by atoms with Gasteiger partial charge in [0.1, 0.15) is 18.4 Å². The van der Waals surface area contributed by atoms with Gasteiger partial charge in [-0.25, -0.2) is 12.8 Å². The Morgan fingerprint density at radius 3 is 2.00 bits per heavy atom. The summed E-state index contributed by atoms with van der Waals surface area (Å²) in [6.45, 7) is 3.74. The number of carbonyl (C=O) groups is 2. The second-order valence-electron chi connectivity index (χ2n) is 10.8. The highest BCUT2D eigenvalue weighted by molar-refractivity contribution is 9.10. The van der Waals surface area contributed by atoms with Crippen molar-refractivity contribution < 1.29 is 22.4 Å². The number of sulfonamides is 1. The molecule has 0 spiro atoms. The van der Waals surface area contributed by atoms with Crippen molar-refractivity contribution in [1.29, 1.82) is 0 Å². The highest BCUT2D eigenvalue weighted by Gasteiger charge is 2.34. The molecule has 4 rings (SSSR count). The van der Waals surface area contributed by atoms with Crippen LogP contribution in [-0.2, 0) is 32.6 Å². The Bertz CT molecular complexity index is 1640. The first-order valence-electron chi connectivity index (χ1n) is 14.2. The fourth-order valence-electron chi connectivity index (χ4n) is 4.62. The fraction of sp³-hybridized carbons (Fsp3) is 0.235. The summed E-state index contributed by atoms with van der Waals surface area (Å²) in [4.78, 5) is 29.5. The lowest BCUT2D eigenvalue weighted by Crippen LogP contribution is -2.53. The van der Waals surface area contributed by atoms with Gasteiger partial charge < -0.3 is 10.2 Å². The maximum absolute atomic E-state index is 14.4. The molecule has 0 aliphatic rings. The Hall–Kier alpha value is -4.02. The summed E-state index contributed by atoms with van der Waals surface area (Å²) in [5.41, 5.74) is 1.71. The van der Waals surface area contributed by atoms with Crippen LogP contribution in [0.5, 0.6) is 0 Å². The van der Waals surface area contributed by atoms with E-state index >= 15 is 0 Å². The van der Waals surface area contributed by atoms with Crippen molar-refractivity contribution >= 4 is 43.5 Å². The molecule has 7 nitrogen and oxygen atoms in total. The van der Waals surface area contributed by atoms with E-state index in [9.17, 15) is 22.4 Å². The Morgan fingerprint density at radius 2 is 1.41 bits per heavy atom. The number of benzene rings is 4. The lowest BCUT2D eigenvalue weighted by molar-refractivity contribution is -0.140. The van der Waals surface area contributed by atoms with Gasteiger partial charge in [-0.05, 0) is 65.6 Å². The number of rotatable bonds is 13. The molecule has 4 aromatic rings. The van der Waals surface area contributed by atoms with Crippen molar-refractivity contribution in [1.82, 2.24) is 10.2 Å². The third kappa shape index (κ3) is 8.76. The number of nitrogens with one attached hydrogen (secondary N) is 1. The van der Waals surface area contributed by atoms with E-state index in [1.807, 2.05) is 44.2 Å². The minimum absolute atomic E-state index is 0.0244. The van der Waals surface area contributed by atoms with Crippen LogP contribution in [0.2, 0.25) is 0 Å². The molecule has 0 aromatic heterocycles. The summed E-state index contributed by atoms with van der Waals surface area (Å²) < 4.78 is 43.5. The molecule has 4 aromatic carbocycles. The minimum atomic E-state index is -4.18. The molecule has 1 N–H and O–H groups in total. The minimum Gasteiger partial charge on any atom is -0.354 e. The molecule has 0 aliphatic carbocycles. The van der Waals surface area contributed by atoms with Gasteiger partial charge in [0, 0.05) is 24.0 Å². The molecule has 1 atom stereocenters. The van der Waals surface area contributed by atoms with Gasteiger partial charge in [-0.15, -0.1) is 0 Å². The van der Waals surface area contributed by atoms with E-state index in [4.69, 9.17) is 0 Å². The van der Waals surface area contributed by atoms with Crippen LogP contribution >= 0.6 is 15.9 Å². The van der Waals surface area contributed by atoms with Gasteiger partial charge >= 0.3 is 0 Å². The van der Waals surface area contributed by atoms with Crippen LogP contribution in [-0.4, -0.2) is 44.3 Å². The summed E-state index contributed by atoms with van der Waals surface area (Å²) in [5.74, 6) is -1.21. The van der Waals surface area contributed by atoms with Gasteiger partial charge in [-0.2, -0.15) is 0 Å². The zero-order valence-corrected chi connectivity index (χ0v) is 27.0. The summed E-state index contributed by atoms with van der Waals surface area (Å²) >= 11 is 3.38. The van der Waals surface area contributed by atoms with Gasteiger partial charge in [0.2, 0.25) is 11.8 Å². The van der Waals surface area contributed by atoms with Crippen LogP contribution in [0.3, 0.4) is 0 Å². The van der Waals surface area contributed by atoms with Gasteiger partial charge in [0.05, 0.1) is 10.6 Å². The first kappa shape index (κ1) is 32.9. The number of halogens is 2. The molecule has 0 unspecified atom stereocenters.